The number of thiophene rings is 1. The van der Waals surface area contributed by atoms with Crippen LogP contribution in [0, 0.1) is 13.8 Å². The molecule has 2 aromatic rings. The number of ether oxygens (including phenoxy) is 1. The predicted molar refractivity (Wildman–Crippen MR) is 116 cm³/mol. The monoisotopic (exact) mass is 466 g/mol. The lowest BCUT2D eigenvalue weighted by atomic mass is 10.1. The van der Waals surface area contributed by atoms with Gasteiger partial charge in [0.25, 0.3) is 5.91 Å². The van der Waals surface area contributed by atoms with E-state index in [0.29, 0.717) is 6.54 Å². The lowest BCUT2D eigenvalue weighted by Crippen LogP contribution is -2.44. The van der Waals surface area contributed by atoms with Crippen molar-refractivity contribution in [3.05, 3.63) is 51.7 Å². The number of aryl methyl sites for hydroxylation is 2. The lowest BCUT2D eigenvalue weighted by Gasteiger charge is -2.24. The molecule has 0 bridgehead atoms. The van der Waals surface area contributed by atoms with Crippen LogP contribution in [0.15, 0.2) is 40.6 Å². The Hall–Kier alpha value is -2.27. The topological polar surface area (TPSA) is 113 Å². The zero-order chi connectivity index (χ0) is 22.8. The van der Waals surface area contributed by atoms with Crippen molar-refractivity contribution in [3.8, 4) is 0 Å². The standard InChI is InChI=1S/C21H26N2O6S2/c1-13-6-7-18(9-14(13)2)31(27,28)23-12-16(24)10-19(23)21(26)29-15(3)20(25)22-11-17-5-4-8-30-17/h4-9,15-16,19,24H,10-12H2,1-3H3,(H,22,25)/t15?,16?,19-/m0/s1. The van der Waals surface area contributed by atoms with Crippen molar-refractivity contribution < 1.29 is 27.9 Å². The molecule has 2 N–H and O–H groups in total. The molecule has 1 aromatic carbocycles. The average molecular weight is 467 g/mol. The van der Waals surface area contributed by atoms with E-state index in [2.05, 4.69) is 5.32 Å². The number of hydrogen-bond acceptors (Lipinski definition) is 7. The van der Waals surface area contributed by atoms with Crippen LogP contribution in [0.5, 0.6) is 0 Å². The first-order valence-corrected chi connectivity index (χ1v) is 12.2. The molecule has 0 saturated carbocycles. The van der Waals surface area contributed by atoms with Gasteiger partial charge < -0.3 is 15.2 Å². The van der Waals surface area contributed by atoms with E-state index < -0.39 is 40.1 Å². The molecule has 0 spiro atoms. The summed E-state index contributed by atoms with van der Waals surface area (Å²) in [5, 5.41) is 14.6. The van der Waals surface area contributed by atoms with Crippen LogP contribution < -0.4 is 5.32 Å². The first-order valence-electron chi connectivity index (χ1n) is 9.87. The zero-order valence-corrected chi connectivity index (χ0v) is 19.2. The molecule has 0 aliphatic carbocycles. The largest absolute Gasteiger partial charge is 0.451 e. The molecule has 168 valence electrons. The second kappa shape index (κ2) is 9.47. The number of β-amino-alcohol motifs (C(OH)–C–C–N with tert-alkyl or cyclic N) is 1. The van der Waals surface area contributed by atoms with Crippen LogP contribution in [-0.2, 0) is 30.9 Å². The molecule has 3 atom stereocenters. The van der Waals surface area contributed by atoms with E-state index in [1.165, 1.54) is 24.3 Å². The summed E-state index contributed by atoms with van der Waals surface area (Å²) in [6.07, 6.45) is -2.19. The first-order chi connectivity index (χ1) is 14.6. The highest BCUT2D eigenvalue weighted by Crippen LogP contribution is 2.28. The van der Waals surface area contributed by atoms with Crippen molar-refractivity contribution in [2.75, 3.05) is 6.54 Å². The molecule has 10 heteroatoms. The first kappa shape index (κ1) is 23.4. The van der Waals surface area contributed by atoms with Crippen LogP contribution in [0.4, 0.5) is 0 Å². The number of benzene rings is 1. The molecular weight excluding hydrogens is 440 g/mol. The zero-order valence-electron chi connectivity index (χ0n) is 17.6. The number of nitrogens with one attached hydrogen (secondary N) is 1. The highest BCUT2D eigenvalue weighted by molar-refractivity contribution is 7.89. The molecule has 1 fully saturated rings. The van der Waals surface area contributed by atoms with Crippen molar-refractivity contribution >= 4 is 33.2 Å². The molecule has 31 heavy (non-hydrogen) atoms. The van der Waals surface area contributed by atoms with Gasteiger partial charge in [-0.3, -0.25) is 9.59 Å². The minimum Gasteiger partial charge on any atom is -0.451 e. The molecule has 1 aliphatic heterocycles. The van der Waals surface area contributed by atoms with Crippen LogP contribution in [-0.4, -0.2) is 54.5 Å². The molecular formula is C21H26N2O6S2. The predicted octanol–water partition coefficient (Wildman–Crippen LogP) is 1.74. The van der Waals surface area contributed by atoms with Crippen LogP contribution in [0.25, 0.3) is 0 Å². The van der Waals surface area contributed by atoms with Gasteiger partial charge in [-0.1, -0.05) is 12.1 Å². The van der Waals surface area contributed by atoms with Gasteiger partial charge in [0.15, 0.2) is 6.10 Å². The number of nitrogens with zero attached hydrogens (tertiary/aromatic N) is 1. The molecule has 1 saturated heterocycles. The van der Waals surface area contributed by atoms with Gasteiger partial charge in [-0.15, -0.1) is 11.3 Å². The maximum Gasteiger partial charge on any atom is 0.325 e. The van der Waals surface area contributed by atoms with Crippen LogP contribution in [0.2, 0.25) is 0 Å². The van der Waals surface area contributed by atoms with Crippen LogP contribution >= 0.6 is 11.3 Å². The average Bonchev–Trinajstić information content (AvgIpc) is 3.37. The number of sulfonamides is 1. The SMILES string of the molecule is Cc1ccc(S(=O)(=O)N2CC(O)C[C@H]2C(=O)OC(C)C(=O)NCc2cccs2)cc1C. The maximum absolute atomic E-state index is 13.1. The van der Waals surface area contributed by atoms with Crippen molar-refractivity contribution in [2.24, 2.45) is 0 Å². The number of rotatable bonds is 7. The molecule has 1 aliphatic rings. The van der Waals surface area contributed by atoms with Crippen molar-refractivity contribution in [2.45, 2.75) is 56.9 Å². The van der Waals surface area contributed by atoms with Gasteiger partial charge >= 0.3 is 5.97 Å². The Bertz CT molecular complexity index is 1050. The Morgan fingerprint density at radius 1 is 1.29 bits per heavy atom. The Balaban J connectivity index is 1.70. The summed E-state index contributed by atoms with van der Waals surface area (Å²) in [5.74, 6) is -1.34. The van der Waals surface area contributed by atoms with Gasteiger partial charge in [0.1, 0.15) is 6.04 Å². The van der Waals surface area contributed by atoms with E-state index in [0.717, 1.165) is 20.3 Å². The molecule has 2 heterocycles. The van der Waals surface area contributed by atoms with Crippen LogP contribution in [0.1, 0.15) is 29.3 Å². The summed E-state index contributed by atoms with van der Waals surface area (Å²) < 4.78 is 32.5. The van der Waals surface area contributed by atoms with E-state index in [9.17, 15) is 23.1 Å². The number of aliphatic hydroxyl groups is 1. The van der Waals surface area contributed by atoms with Gasteiger partial charge in [0.2, 0.25) is 10.0 Å². The van der Waals surface area contributed by atoms with Gasteiger partial charge in [-0.2, -0.15) is 4.31 Å². The van der Waals surface area contributed by atoms with Crippen LogP contribution in [0.3, 0.4) is 0 Å². The Morgan fingerprint density at radius 2 is 2.03 bits per heavy atom. The normalized spacial score (nSPS) is 20.4. The summed E-state index contributed by atoms with van der Waals surface area (Å²) in [6, 6.07) is 7.25. The summed E-state index contributed by atoms with van der Waals surface area (Å²) in [4.78, 5) is 26.0. The van der Waals surface area contributed by atoms with E-state index in [1.54, 1.807) is 19.1 Å². The Morgan fingerprint density at radius 3 is 2.68 bits per heavy atom. The summed E-state index contributed by atoms with van der Waals surface area (Å²) in [7, 11) is -4.03. The van der Waals surface area contributed by atoms with Crippen molar-refractivity contribution in [1.29, 1.82) is 0 Å². The third kappa shape index (κ3) is 5.32. The molecule has 0 radical (unpaired) electrons. The van der Waals surface area contributed by atoms with E-state index in [-0.39, 0.29) is 17.9 Å². The fourth-order valence-electron chi connectivity index (χ4n) is 3.31. The quantitative estimate of drug-likeness (QED) is 0.601. The molecule has 1 aromatic heterocycles. The number of hydrogen-bond donors (Lipinski definition) is 2. The number of carbonyl (C=O) groups excluding carboxylic acids is 2. The van der Waals surface area contributed by atoms with Gasteiger partial charge in [-0.05, 0) is 55.5 Å². The molecule has 2 unspecified atom stereocenters. The smallest absolute Gasteiger partial charge is 0.325 e. The highest BCUT2D eigenvalue weighted by atomic mass is 32.2. The van der Waals surface area contributed by atoms with Crippen molar-refractivity contribution in [1.82, 2.24) is 9.62 Å². The second-order valence-electron chi connectivity index (χ2n) is 7.60. The summed E-state index contributed by atoms with van der Waals surface area (Å²) in [6.45, 7) is 5.20. The number of carbonyl (C=O) groups is 2. The molecule has 3 rings (SSSR count). The third-order valence-corrected chi connectivity index (χ3v) is 8.02. The Kier molecular flexibility index (Phi) is 7.15. The maximum atomic E-state index is 13.1. The minimum atomic E-state index is -4.03. The van der Waals surface area contributed by atoms with Gasteiger partial charge in [0, 0.05) is 17.8 Å². The van der Waals surface area contributed by atoms with E-state index in [1.807, 2.05) is 24.4 Å². The van der Waals surface area contributed by atoms with Crippen molar-refractivity contribution in [3.63, 3.8) is 0 Å². The molecule has 1 amide bonds. The van der Waals surface area contributed by atoms with E-state index >= 15 is 0 Å². The van der Waals surface area contributed by atoms with Gasteiger partial charge in [-0.25, -0.2) is 8.42 Å². The number of amides is 1. The minimum absolute atomic E-state index is 0.0456. The summed E-state index contributed by atoms with van der Waals surface area (Å²) >= 11 is 1.49. The van der Waals surface area contributed by atoms with E-state index in [4.69, 9.17) is 4.74 Å². The third-order valence-electron chi connectivity index (χ3n) is 5.27. The summed E-state index contributed by atoms with van der Waals surface area (Å²) in [5.41, 5.74) is 1.75. The fraction of sp³-hybridized carbons (Fsp3) is 0.429. The number of esters is 1. The fourth-order valence-corrected chi connectivity index (χ4v) is 5.67. The highest BCUT2D eigenvalue weighted by Gasteiger charge is 2.45. The second-order valence-corrected chi connectivity index (χ2v) is 10.5. The Labute approximate surface area is 185 Å². The molecule has 8 nitrogen and oxygen atoms in total. The lowest BCUT2D eigenvalue weighted by molar-refractivity contribution is -0.158. The van der Waals surface area contributed by atoms with Gasteiger partial charge in [0.05, 0.1) is 17.5 Å². The number of aliphatic hydroxyl groups excluding tert-OH is 1.